The monoisotopic (exact) mass is 510 g/mol. The van der Waals surface area contributed by atoms with Crippen molar-refractivity contribution in [2.75, 3.05) is 12.3 Å². The molecule has 4 atom stereocenters. The molecule has 186 valence electrons. The van der Waals surface area contributed by atoms with Crippen molar-refractivity contribution >= 4 is 35.9 Å². The molecule has 0 bridgehead atoms. The standard InChI is InChI=1S/C24H22N4O7S/c1-12(29)33-18-11-32-23(21(35-14(3)31)20(18)34-13(2)30)28-22(27)16(9-25)19(17(10-26)24(28)36)15-7-5-4-6-8-15/h4-8,18,20-21,23H,11,27H2,1-3H3/t18-,20+,21+,23-/m0/s1. The lowest BCUT2D eigenvalue weighted by molar-refractivity contribution is -0.239. The minimum Gasteiger partial charge on any atom is -0.456 e. The van der Waals surface area contributed by atoms with Crippen molar-refractivity contribution in [3.63, 3.8) is 0 Å². The fraction of sp³-hybridized carbons (Fsp3) is 0.333. The quantitative estimate of drug-likeness (QED) is 0.356. The number of nitriles is 2. The van der Waals surface area contributed by atoms with Gasteiger partial charge >= 0.3 is 17.9 Å². The van der Waals surface area contributed by atoms with Crippen LogP contribution >= 0.6 is 12.2 Å². The van der Waals surface area contributed by atoms with Gasteiger partial charge in [0, 0.05) is 26.3 Å². The summed E-state index contributed by atoms with van der Waals surface area (Å²) in [6.07, 6.45) is -5.11. The largest absolute Gasteiger partial charge is 0.456 e. The van der Waals surface area contributed by atoms with Gasteiger partial charge in [-0.2, -0.15) is 10.5 Å². The van der Waals surface area contributed by atoms with Gasteiger partial charge in [-0.1, -0.05) is 42.5 Å². The fourth-order valence-corrected chi connectivity index (χ4v) is 4.37. The third kappa shape index (κ3) is 5.20. The summed E-state index contributed by atoms with van der Waals surface area (Å²) in [5.74, 6) is -2.33. The van der Waals surface area contributed by atoms with Crippen molar-refractivity contribution in [1.29, 1.82) is 10.5 Å². The minimum absolute atomic E-state index is 0.0294. The summed E-state index contributed by atoms with van der Waals surface area (Å²) in [6, 6.07) is 12.7. The van der Waals surface area contributed by atoms with Gasteiger partial charge in [-0.05, 0) is 5.56 Å². The summed E-state index contributed by atoms with van der Waals surface area (Å²) in [4.78, 5) is 35.5. The Morgan fingerprint density at radius 2 is 1.53 bits per heavy atom. The van der Waals surface area contributed by atoms with E-state index in [9.17, 15) is 24.9 Å². The van der Waals surface area contributed by atoms with Crippen molar-refractivity contribution in [1.82, 2.24) is 4.57 Å². The lowest BCUT2D eigenvalue weighted by Crippen LogP contribution is -2.55. The lowest BCUT2D eigenvalue weighted by Gasteiger charge is -2.41. The molecule has 3 rings (SSSR count). The highest BCUT2D eigenvalue weighted by Crippen LogP contribution is 2.38. The Hall–Kier alpha value is -4.26. The molecule has 1 aromatic heterocycles. The Morgan fingerprint density at radius 3 is 2.06 bits per heavy atom. The average Bonchev–Trinajstić information content (AvgIpc) is 2.81. The molecule has 1 saturated heterocycles. The zero-order valence-corrected chi connectivity index (χ0v) is 20.4. The molecule has 0 radical (unpaired) electrons. The van der Waals surface area contributed by atoms with Crippen molar-refractivity contribution in [3.05, 3.63) is 46.1 Å². The number of nitrogens with zero attached hydrogens (tertiary/aromatic N) is 3. The number of aromatic nitrogens is 1. The maximum Gasteiger partial charge on any atom is 0.303 e. The van der Waals surface area contributed by atoms with Gasteiger partial charge in [-0.3, -0.25) is 19.0 Å². The Morgan fingerprint density at radius 1 is 0.972 bits per heavy atom. The second-order valence-electron chi connectivity index (χ2n) is 7.79. The maximum absolute atomic E-state index is 12.0. The number of esters is 3. The van der Waals surface area contributed by atoms with E-state index in [0.717, 1.165) is 20.8 Å². The molecule has 0 spiro atoms. The smallest absolute Gasteiger partial charge is 0.303 e. The van der Waals surface area contributed by atoms with Crippen LogP contribution in [0, 0.1) is 27.3 Å². The number of pyridine rings is 1. The number of carbonyl (C=O) groups is 3. The number of anilines is 1. The van der Waals surface area contributed by atoms with Crippen LogP contribution in [0.25, 0.3) is 11.1 Å². The van der Waals surface area contributed by atoms with E-state index in [1.54, 1.807) is 30.3 Å². The number of nitrogens with two attached hydrogens (primary N) is 1. The molecule has 2 N–H and O–H groups in total. The normalized spacial score (nSPS) is 20.9. The Kier molecular flexibility index (Phi) is 8.04. The topological polar surface area (TPSA) is 167 Å². The molecule has 1 aromatic carbocycles. The van der Waals surface area contributed by atoms with Crippen LogP contribution < -0.4 is 5.73 Å². The van der Waals surface area contributed by atoms with Crippen LogP contribution in [0.3, 0.4) is 0 Å². The number of ether oxygens (including phenoxy) is 4. The molecule has 1 aliphatic heterocycles. The SMILES string of the molecule is CC(=O)O[C@@H]1[C@H](OC(C)=O)[C@@H](OC(C)=O)CO[C@@H]1n1c(N)c(C#N)c(-c2ccccc2)c(C#N)c1=S. The number of rotatable bonds is 5. The number of nitrogen functional groups attached to an aromatic ring is 1. The molecule has 0 amide bonds. The second-order valence-corrected chi connectivity index (χ2v) is 8.18. The van der Waals surface area contributed by atoms with E-state index in [4.69, 9.17) is 36.9 Å². The molecule has 0 unspecified atom stereocenters. The summed E-state index contributed by atoms with van der Waals surface area (Å²) >= 11 is 5.58. The van der Waals surface area contributed by atoms with E-state index in [0.29, 0.717) is 5.56 Å². The van der Waals surface area contributed by atoms with Gasteiger partial charge in [-0.15, -0.1) is 0 Å². The predicted molar refractivity (Wildman–Crippen MR) is 126 cm³/mol. The first-order chi connectivity index (χ1) is 17.1. The van der Waals surface area contributed by atoms with E-state index in [1.165, 1.54) is 4.57 Å². The molecule has 0 aliphatic carbocycles. The predicted octanol–water partition coefficient (Wildman–Crippen LogP) is 2.53. The second kappa shape index (κ2) is 11.0. The molecule has 1 fully saturated rings. The molecule has 0 saturated carbocycles. The lowest BCUT2D eigenvalue weighted by atomic mass is 9.96. The summed E-state index contributed by atoms with van der Waals surface area (Å²) in [5.41, 5.74) is 7.10. The van der Waals surface area contributed by atoms with Crippen molar-refractivity contribution in [2.45, 2.75) is 45.3 Å². The van der Waals surface area contributed by atoms with Crippen LogP contribution in [-0.2, 0) is 33.3 Å². The van der Waals surface area contributed by atoms with Gasteiger partial charge in [0.25, 0.3) is 0 Å². The molecule has 12 heteroatoms. The van der Waals surface area contributed by atoms with Gasteiger partial charge in [0.2, 0.25) is 0 Å². The van der Waals surface area contributed by atoms with Gasteiger partial charge in [0.05, 0.1) is 12.2 Å². The zero-order chi connectivity index (χ0) is 26.6. The Labute approximate surface area is 211 Å². The summed E-state index contributed by atoms with van der Waals surface area (Å²) in [5, 5.41) is 20.0. The molecular weight excluding hydrogens is 488 g/mol. The highest BCUT2D eigenvalue weighted by atomic mass is 32.1. The fourth-order valence-electron chi connectivity index (χ4n) is 4.02. The van der Waals surface area contributed by atoms with E-state index in [-0.39, 0.29) is 33.8 Å². The van der Waals surface area contributed by atoms with Crippen LogP contribution in [-0.4, -0.2) is 47.4 Å². The first kappa shape index (κ1) is 26.3. The summed E-state index contributed by atoms with van der Waals surface area (Å²) < 4.78 is 23.0. The zero-order valence-electron chi connectivity index (χ0n) is 19.6. The van der Waals surface area contributed by atoms with Crippen molar-refractivity contribution < 1.29 is 33.3 Å². The number of hydrogen-bond acceptors (Lipinski definition) is 11. The van der Waals surface area contributed by atoms with E-state index in [1.807, 2.05) is 12.1 Å². The van der Waals surface area contributed by atoms with E-state index in [2.05, 4.69) is 0 Å². The van der Waals surface area contributed by atoms with E-state index >= 15 is 0 Å². The highest BCUT2D eigenvalue weighted by molar-refractivity contribution is 7.71. The molecular formula is C24H22N4O7S. The molecule has 2 heterocycles. The van der Waals surface area contributed by atoms with Gasteiger partial charge in [-0.25, -0.2) is 0 Å². The average molecular weight is 511 g/mol. The Balaban J connectivity index is 2.27. The van der Waals surface area contributed by atoms with Gasteiger partial charge < -0.3 is 24.7 Å². The van der Waals surface area contributed by atoms with Crippen molar-refractivity contribution in [2.24, 2.45) is 0 Å². The number of hydrogen-bond donors (Lipinski definition) is 1. The minimum atomic E-state index is -1.39. The molecule has 2 aromatic rings. The Bertz CT molecular complexity index is 1340. The molecule has 36 heavy (non-hydrogen) atoms. The van der Waals surface area contributed by atoms with Crippen LogP contribution in [0.4, 0.5) is 5.82 Å². The molecule has 1 aliphatic rings. The number of benzene rings is 1. The van der Waals surface area contributed by atoms with Crippen LogP contribution in [0.1, 0.15) is 38.1 Å². The highest BCUT2D eigenvalue weighted by Gasteiger charge is 2.48. The molecule has 11 nitrogen and oxygen atoms in total. The van der Waals surface area contributed by atoms with Gasteiger partial charge in [0.15, 0.2) is 24.5 Å². The van der Waals surface area contributed by atoms with Crippen molar-refractivity contribution in [3.8, 4) is 23.3 Å². The first-order valence-electron chi connectivity index (χ1n) is 10.7. The van der Waals surface area contributed by atoms with E-state index < -0.39 is 42.4 Å². The first-order valence-corrected chi connectivity index (χ1v) is 11.1. The van der Waals surface area contributed by atoms with Crippen LogP contribution in [0.2, 0.25) is 0 Å². The summed E-state index contributed by atoms with van der Waals surface area (Å²) in [7, 11) is 0. The summed E-state index contributed by atoms with van der Waals surface area (Å²) in [6.45, 7) is 3.13. The van der Waals surface area contributed by atoms with Crippen LogP contribution in [0.15, 0.2) is 30.3 Å². The van der Waals surface area contributed by atoms with Crippen LogP contribution in [0.5, 0.6) is 0 Å². The third-order valence-electron chi connectivity index (χ3n) is 5.31. The van der Waals surface area contributed by atoms with Gasteiger partial charge in [0.1, 0.15) is 28.2 Å². The third-order valence-corrected chi connectivity index (χ3v) is 5.71. The maximum atomic E-state index is 12.0. The number of carbonyl (C=O) groups excluding carboxylic acids is 3.